The summed E-state index contributed by atoms with van der Waals surface area (Å²) in [6.45, 7) is 8.17. The predicted octanol–water partition coefficient (Wildman–Crippen LogP) is 4.93. The lowest BCUT2D eigenvalue weighted by Crippen LogP contribution is -2.33. The van der Waals surface area contributed by atoms with Crippen LogP contribution in [0.25, 0.3) is 0 Å². The van der Waals surface area contributed by atoms with Gasteiger partial charge in [-0.25, -0.2) is 8.78 Å². The molecule has 3 aromatic rings. The Kier molecular flexibility index (Phi) is 8.59. The number of halogens is 2. The third kappa shape index (κ3) is 6.64. The van der Waals surface area contributed by atoms with Gasteiger partial charge in [0.15, 0.2) is 22.5 Å². The molecule has 1 unspecified atom stereocenters. The molecule has 6 nitrogen and oxygen atoms in total. The summed E-state index contributed by atoms with van der Waals surface area (Å²) in [6, 6.07) is 12.0. The molecule has 0 spiro atoms. The second-order valence-electron chi connectivity index (χ2n) is 7.65. The van der Waals surface area contributed by atoms with Gasteiger partial charge >= 0.3 is 0 Å². The minimum absolute atomic E-state index is 0.0223. The fourth-order valence-corrected chi connectivity index (χ4v) is 3.98. The zero-order chi connectivity index (χ0) is 23.8. The molecular formula is C24H26F2N4O2S. The summed E-state index contributed by atoms with van der Waals surface area (Å²) in [5.74, 6) is -0.101. The van der Waals surface area contributed by atoms with Crippen LogP contribution in [0.15, 0.2) is 66.3 Å². The zero-order valence-electron chi connectivity index (χ0n) is 18.5. The molecule has 0 aliphatic carbocycles. The number of amides is 1. The van der Waals surface area contributed by atoms with Crippen LogP contribution in [0.4, 0.5) is 8.78 Å². The van der Waals surface area contributed by atoms with Gasteiger partial charge < -0.3 is 10.1 Å². The van der Waals surface area contributed by atoms with E-state index in [2.05, 4.69) is 22.1 Å². The molecule has 9 heteroatoms. The van der Waals surface area contributed by atoms with Gasteiger partial charge in [0.25, 0.3) is 0 Å². The van der Waals surface area contributed by atoms with Crippen LogP contribution >= 0.6 is 11.8 Å². The van der Waals surface area contributed by atoms with Gasteiger partial charge in [0.2, 0.25) is 5.91 Å². The lowest BCUT2D eigenvalue weighted by Gasteiger charge is -2.23. The molecule has 2 aromatic carbocycles. The first-order chi connectivity index (χ1) is 15.9. The van der Waals surface area contributed by atoms with Gasteiger partial charge in [0.05, 0.1) is 11.8 Å². The number of carbonyl (C=O) groups is 1. The minimum atomic E-state index is -0.459. The maximum atomic E-state index is 13.8. The number of ether oxygens (including phenoxy) is 1. The average Bonchev–Trinajstić information content (AvgIpc) is 3.18. The molecule has 174 valence electrons. The maximum absolute atomic E-state index is 13.8. The van der Waals surface area contributed by atoms with Crippen LogP contribution in [0.5, 0.6) is 5.75 Å². The molecule has 0 saturated carbocycles. The first-order valence-corrected chi connectivity index (χ1v) is 11.5. The fraction of sp³-hybridized carbons (Fsp3) is 0.292. The summed E-state index contributed by atoms with van der Waals surface area (Å²) in [5.41, 5.74) is 0.840. The Balaban J connectivity index is 1.63. The van der Waals surface area contributed by atoms with Crippen molar-refractivity contribution in [3.05, 3.63) is 84.2 Å². The van der Waals surface area contributed by atoms with E-state index in [1.807, 2.05) is 13.8 Å². The fourth-order valence-electron chi connectivity index (χ4n) is 3.20. The van der Waals surface area contributed by atoms with Gasteiger partial charge in [-0.3, -0.25) is 9.36 Å². The topological polar surface area (TPSA) is 69.0 Å². The Morgan fingerprint density at radius 3 is 2.58 bits per heavy atom. The molecule has 0 aliphatic rings. The molecule has 1 heterocycles. The Morgan fingerprint density at radius 2 is 1.91 bits per heavy atom. The van der Waals surface area contributed by atoms with Gasteiger partial charge in [-0.2, -0.15) is 0 Å². The van der Waals surface area contributed by atoms with E-state index in [0.29, 0.717) is 17.5 Å². The smallest absolute Gasteiger partial charge is 0.230 e. The van der Waals surface area contributed by atoms with Crippen LogP contribution in [-0.4, -0.2) is 26.4 Å². The molecule has 0 fully saturated rings. The van der Waals surface area contributed by atoms with E-state index in [4.69, 9.17) is 4.74 Å². The summed E-state index contributed by atoms with van der Waals surface area (Å²) in [5, 5.41) is 11.8. The number of rotatable bonds is 11. The molecule has 0 radical (unpaired) electrons. The van der Waals surface area contributed by atoms with Gasteiger partial charge in [-0.05, 0) is 35.7 Å². The first-order valence-electron chi connectivity index (χ1n) is 10.5. The number of allylic oxidation sites excluding steroid dienone is 1. The van der Waals surface area contributed by atoms with Gasteiger partial charge in [0.1, 0.15) is 12.4 Å². The second-order valence-corrected chi connectivity index (χ2v) is 8.59. The molecule has 1 amide bonds. The normalized spacial score (nSPS) is 11.9. The number of benzene rings is 2. The summed E-state index contributed by atoms with van der Waals surface area (Å²) in [7, 11) is 0. The van der Waals surface area contributed by atoms with E-state index in [1.165, 1.54) is 36.0 Å². The van der Waals surface area contributed by atoms with Gasteiger partial charge in [-0.1, -0.05) is 56.0 Å². The number of thioether (sulfide) groups is 1. The Bertz CT molecular complexity index is 1090. The minimum Gasteiger partial charge on any atom is -0.483 e. The number of aromatic nitrogens is 3. The van der Waals surface area contributed by atoms with Crippen LogP contribution in [0.2, 0.25) is 0 Å². The van der Waals surface area contributed by atoms with Crippen LogP contribution < -0.4 is 10.1 Å². The van der Waals surface area contributed by atoms with Crippen molar-refractivity contribution in [2.24, 2.45) is 5.92 Å². The van der Waals surface area contributed by atoms with E-state index in [9.17, 15) is 13.6 Å². The van der Waals surface area contributed by atoms with Crippen LogP contribution in [0.1, 0.15) is 31.3 Å². The van der Waals surface area contributed by atoms with Crippen molar-refractivity contribution >= 4 is 17.7 Å². The monoisotopic (exact) mass is 472 g/mol. The standard InChI is InChI=1S/C24H26F2N4O2S/c1-4-13-30-21(14-32-20-8-6-5-7-19(20)26)28-29-24(30)33-15-22(31)27-23(16(2)3)17-9-11-18(25)12-10-17/h4-12,16,23H,1,13-15H2,2-3H3,(H,27,31). The van der Waals surface area contributed by atoms with Crippen molar-refractivity contribution in [3.63, 3.8) is 0 Å². The molecule has 3 rings (SSSR count). The quantitative estimate of drug-likeness (QED) is 0.317. The maximum Gasteiger partial charge on any atom is 0.230 e. The number of hydrogen-bond donors (Lipinski definition) is 1. The number of nitrogens with one attached hydrogen (secondary N) is 1. The van der Waals surface area contributed by atoms with Crippen LogP contribution in [0.3, 0.4) is 0 Å². The number of para-hydroxylation sites is 1. The number of nitrogens with zero attached hydrogens (tertiary/aromatic N) is 3. The third-order valence-electron chi connectivity index (χ3n) is 4.84. The van der Waals surface area contributed by atoms with Crippen molar-refractivity contribution < 1.29 is 18.3 Å². The van der Waals surface area contributed by atoms with E-state index < -0.39 is 5.82 Å². The molecule has 1 aromatic heterocycles. The van der Waals surface area contributed by atoms with Crippen molar-refractivity contribution in [2.75, 3.05) is 5.75 Å². The highest BCUT2D eigenvalue weighted by Gasteiger charge is 2.20. The van der Waals surface area contributed by atoms with Crippen LogP contribution in [0, 0.1) is 17.6 Å². The highest BCUT2D eigenvalue weighted by atomic mass is 32.2. The summed E-state index contributed by atoms with van der Waals surface area (Å²) >= 11 is 1.23. The van der Waals surface area contributed by atoms with Crippen molar-refractivity contribution in [2.45, 2.75) is 38.2 Å². The molecule has 1 N–H and O–H groups in total. The van der Waals surface area contributed by atoms with Gasteiger partial charge in [0, 0.05) is 6.54 Å². The van der Waals surface area contributed by atoms with Crippen molar-refractivity contribution in [1.82, 2.24) is 20.1 Å². The molecule has 0 bridgehead atoms. The summed E-state index contributed by atoms with van der Waals surface area (Å²) in [4.78, 5) is 12.6. The highest BCUT2D eigenvalue weighted by Crippen LogP contribution is 2.24. The van der Waals surface area contributed by atoms with E-state index in [-0.39, 0.29) is 41.8 Å². The Hall–Kier alpha value is -3.20. The SMILES string of the molecule is C=CCn1c(COc2ccccc2F)nnc1SCC(=O)NC(c1ccc(F)cc1)C(C)C. The van der Waals surface area contributed by atoms with E-state index >= 15 is 0 Å². The lowest BCUT2D eigenvalue weighted by atomic mass is 9.96. The molecule has 0 saturated heterocycles. The van der Waals surface area contributed by atoms with Crippen molar-refractivity contribution in [1.29, 1.82) is 0 Å². The summed E-state index contributed by atoms with van der Waals surface area (Å²) in [6.07, 6.45) is 1.68. The number of hydrogen-bond acceptors (Lipinski definition) is 5. The van der Waals surface area contributed by atoms with Crippen molar-refractivity contribution in [3.8, 4) is 5.75 Å². The van der Waals surface area contributed by atoms with Crippen LogP contribution in [-0.2, 0) is 17.9 Å². The first kappa shape index (κ1) is 24.4. The molecular weight excluding hydrogens is 446 g/mol. The average molecular weight is 473 g/mol. The molecule has 0 aliphatic heterocycles. The Labute approximate surface area is 196 Å². The highest BCUT2D eigenvalue weighted by molar-refractivity contribution is 7.99. The third-order valence-corrected chi connectivity index (χ3v) is 5.81. The lowest BCUT2D eigenvalue weighted by molar-refractivity contribution is -0.119. The number of carbonyl (C=O) groups excluding carboxylic acids is 1. The van der Waals surface area contributed by atoms with E-state index in [0.717, 1.165) is 5.56 Å². The van der Waals surface area contributed by atoms with Gasteiger partial charge in [-0.15, -0.1) is 16.8 Å². The largest absolute Gasteiger partial charge is 0.483 e. The van der Waals surface area contributed by atoms with E-state index in [1.54, 1.807) is 34.9 Å². The molecule has 1 atom stereocenters. The second kappa shape index (κ2) is 11.6. The molecule has 33 heavy (non-hydrogen) atoms. The zero-order valence-corrected chi connectivity index (χ0v) is 19.3. The predicted molar refractivity (Wildman–Crippen MR) is 124 cm³/mol. The Morgan fingerprint density at radius 1 is 1.18 bits per heavy atom. The summed E-state index contributed by atoms with van der Waals surface area (Å²) < 4.78 is 34.4.